The zero-order valence-electron chi connectivity index (χ0n) is 10.6. The first-order chi connectivity index (χ1) is 8.83. The molecule has 2 heteroatoms. The molecule has 0 saturated heterocycles. The summed E-state index contributed by atoms with van der Waals surface area (Å²) in [6, 6.07) is 20.1. The Labute approximate surface area is 108 Å². The topological polar surface area (TPSA) is 35.2 Å². The number of ether oxygens (including phenoxy) is 1. The van der Waals surface area contributed by atoms with Gasteiger partial charge in [0.1, 0.15) is 6.10 Å². The summed E-state index contributed by atoms with van der Waals surface area (Å²) in [5, 5.41) is 0. The summed E-state index contributed by atoms with van der Waals surface area (Å²) in [6.45, 7) is 2.65. The number of rotatable bonds is 5. The number of nitrogens with two attached hydrogens (primary N) is 1. The highest BCUT2D eigenvalue weighted by Gasteiger charge is 2.21. The van der Waals surface area contributed by atoms with Gasteiger partial charge in [0.05, 0.1) is 6.04 Å². The average Bonchev–Trinajstić information content (AvgIpc) is 2.46. The van der Waals surface area contributed by atoms with E-state index in [9.17, 15) is 0 Å². The summed E-state index contributed by atoms with van der Waals surface area (Å²) in [5.41, 5.74) is 8.55. The molecule has 2 aromatic rings. The van der Waals surface area contributed by atoms with Gasteiger partial charge in [0.2, 0.25) is 0 Å². The van der Waals surface area contributed by atoms with Gasteiger partial charge in [0.15, 0.2) is 0 Å². The number of hydrogen-bond acceptors (Lipinski definition) is 2. The molecule has 94 valence electrons. The molecule has 0 aliphatic heterocycles. The monoisotopic (exact) mass is 241 g/mol. The third kappa shape index (κ3) is 2.97. The highest BCUT2D eigenvalue weighted by Crippen LogP contribution is 2.29. The zero-order chi connectivity index (χ0) is 12.8. The summed E-state index contributed by atoms with van der Waals surface area (Å²) in [7, 11) is 0. The lowest BCUT2D eigenvalue weighted by Gasteiger charge is -2.24. The van der Waals surface area contributed by atoms with Gasteiger partial charge in [-0.25, -0.2) is 0 Å². The maximum atomic E-state index is 6.33. The van der Waals surface area contributed by atoms with Gasteiger partial charge in [-0.2, -0.15) is 0 Å². The number of benzene rings is 2. The van der Waals surface area contributed by atoms with Crippen LogP contribution < -0.4 is 5.73 Å². The van der Waals surface area contributed by atoms with Crippen LogP contribution in [0.3, 0.4) is 0 Å². The zero-order valence-corrected chi connectivity index (χ0v) is 10.6. The molecule has 0 amide bonds. The lowest BCUT2D eigenvalue weighted by Crippen LogP contribution is -2.22. The Kier molecular flexibility index (Phi) is 4.51. The van der Waals surface area contributed by atoms with Gasteiger partial charge >= 0.3 is 0 Å². The van der Waals surface area contributed by atoms with E-state index in [2.05, 4.69) is 12.1 Å². The van der Waals surface area contributed by atoms with Crippen molar-refractivity contribution in [2.75, 3.05) is 6.61 Å². The van der Waals surface area contributed by atoms with Gasteiger partial charge in [0, 0.05) is 6.61 Å². The predicted octanol–water partition coefficient (Wildman–Crippen LogP) is 3.46. The highest BCUT2D eigenvalue weighted by atomic mass is 16.5. The molecule has 0 fully saturated rings. The van der Waals surface area contributed by atoms with Crippen LogP contribution in [0.25, 0.3) is 0 Å². The fourth-order valence-corrected chi connectivity index (χ4v) is 2.08. The van der Waals surface area contributed by atoms with E-state index in [1.807, 2.05) is 55.5 Å². The van der Waals surface area contributed by atoms with Crippen LogP contribution in [-0.4, -0.2) is 6.61 Å². The second-order valence-corrected chi connectivity index (χ2v) is 4.22. The molecule has 2 atom stereocenters. The first-order valence-electron chi connectivity index (χ1n) is 6.30. The maximum absolute atomic E-state index is 6.33. The van der Waals surface area contributed by atoms with Crippen molar-refractivity contribution < 1.29 is 4.74 Å². The largest absolute Gasteiger partial charge is 0.372 e. The van der Waals surface area contributed by atoms with Crippen LogP contribution in [0.4, 0.5) is 0 Å². The van der Waals surface area contributed by atoms with Gasteiger partial charge in [-0.1, -0.05) is 60.7 Å². The summed E-state index contributed by atoms with van der Waals surface area (Å²) in [6.07, 6.45) is -0.0985. The molecule has 0 heterocycles. The molecule has 0 spiro atoms. The maximum Gasteiger partial charge on any atom is 0.102 e. The predicted molar refractivity (Wildman–Crippen MR) is 74.2 cm³/mol. The van der Waals surface area contributed by atoms with Crippen LogP contribution in [0.15, 0.2) is 60.7 Å². The molecule has 0 bridgehead atoms. The molecule has 2 rings (SSSR count). The molecule has 2 aromatic carbocycles. The van der Waals surface area contributed by atoms with E-state index in [4.69, 9.17) is 10.5 Å². The van der Waals surface area contributed by atoms with Gasteiger partial charge in [-0.05, 0) is 18.1 Å². The van der Waals surface area contributed by atoms with Crippen LogP contribution in [-0.2, 0) is 4.74 Å². The Morgan fingerprint density at radius 3 is 1.89 bits per heavy atom. The third-order valence-corrected chi connectivity index (χ3v) is 2.98. The van der Waals surface area contributed by atoms with Crippen LogP contribution in [0.5, 0.6) is 0 Å². The van der Waals surface area contributed by atoms with E-state index < -0.39 is 0 Å². The fourth-order valence-electron chi connectivity index (χ4n) is 2.08. The van der Waals surface area contributed by atoms with Gasteiger partial charge in [0.25, 0.3) is 0 Å². The standard InChI is InChI=1S/C16H19NO/c1-2-18-16(14-11-7-4-8-12-14)15(17)13-9-5-3-6-10-13/h3-12,15-16H,2,17H2,1H3. The first-order valence-corrected chi connectivity index (χ1v) is 6.30. The quantitative estimate of drug-likeness (QED) is 0.870. The fraction of sp³-hybridized carbons (Fsp3) is 0.250. The molecule has 2 N–H and O–H groups in total. The van der Waals surface area contributed by atoms with Crippen LogP contribution in [0, 0.1) is 0 Å². The molecule has 0 saturated carbocycles. The normalized spacial score (nSPS) is 14.1. The van der Waals surface area contributed by atoms with Crippen molar-refractivity contribution in [2.24, 2.45) is 5.73 Å². The Hall–Kier alpha value is -1.64. The SMILES string of the molecule is CCOC(c1ccccc1)C(N)c1ccccc1. The Morgan fingerprint density at radius 2 is 1.39 bits per heavy atom. The first kappa shape index (κ1) is 12.8. The van der Waals surface area contributed by atoms with Gasteiger partial charge in [-0.3, -0.25) is 0 Å². The van der Waals surface area contributed by atoms with Crippen molar-refractivity contribution in [2.45, 2.75) is 19.1 Å². The smallest absolute Gasteiger partial charge is 0.102 e. The Morgan fingerprint density at radius 1 is 0.889 bits per heavy atom. The van der Waals surface area contributed by atoms with E-state index in [-0.39, 0.29) is 12.1 Å². The van der Waals surface area contributed by atoms with Crippen molar-refractivity contribution in [1.82, 2.24) is 0 Å². The molecule has 2 unspecified atom stereocenters. The third-order valence-electron chi connectivity index (χ3n) is 2.98. The van der Waals surface area contributed by atoms with Crippen molar-refractivity contribution in [3.63, 3.8) is 0 Å². The van der Waals surface area contributed by atoms with Crippen molar-refractivity contribution >= 4 is 0 Å². The van der Waals surface area contributed by atoms with E-state index in [0.29, 0.717) is 6.61 Å². The second-order valence-electron chi connectivity index (χ2n) is 4.22. The summed E-state index contributed by atoms with van der Waals surface area (Å²) in [5.74, 6) is 0. The molecule has 18 heavy (non-hydrogen) atoms. The Balaban J connectivity index is 2.26. The van der Waals surface area contributed by atoms with Gasteiger partial charge in [-0.15, -0.1) is 0 Å². The van der Waals surface area contributed by atoms with E-state index >= 15 is 0 Å². The van der Waals surface area contributed by atoms with Crippen molar-refractivity contribution in [3.8, 4) is 0 Å². The van der Waals surface area contributed by atoms with Crippen LogP contribution >= 0.6 is 0 Å². The van der Waals surface area contributed by atoms with Crippen molar-refractivity contribution in [3.05, 3.63) is 71.8 Å². The van der Waals surface area contributed by atoms with Crippen LogP contribution in [0.2, 0.25) is 0 Å². The molecule has 2 nitrogen and oxygen atoms in total. The summed E-state index contributed by atoms with van der Waals surface area (Å²) in [4.78, 5) is 0. The lowest BCUT2D eigenvalue weighted by atomic mass is 9.96. The van der Waals surface area contributed by atoms with E-state index in [1.54, 1.807) is 0 Å². The summed E-state index contributed by atoms with van der Waals surface area (Å²) >= 11 is 0. The second kappa shape index (κ2) is 6.34. The minimum Gasteiger partial charge on any atom is -0.372 e. The average molecular weight is 241 g/mol. The highest BCUT2D eigenvalue weighted by molar-refractivity contribution is 5.26. The Bertz CT molecular complexity index is 455. The van der Waals surface area contributed by atoms with E-state index in [1.165, 1.54) is 0 Å². The molecular weight excluding hydrogens is 222 g/mol. The molecule has 0 aromatic heterocycles. The molecule has 0 radical (unpaired) electrons. The van der Waals surface area contributed by atoms with Gasteiger partial charge < -0.3 is 10.5 Å². The molecule has 0 aliphatic rings. The lowest BCUT2D eigenvalue weighted by molar-refractivity contribution is 0.0429. The summed E-state index contributed by atoms with van der Waals surface area (Å²) < 4.78 is 5.82. The molecular formula is C16H19NO. The minimum absolute atomic E-state index is 0.0985. The van der Waals surface area contributed by atoms with Crippen LogP contribution in [0.1, 0.15) is 30.2 Å². The number of hydrogen-bond donors (Lipinski definition) is 1. The van der Waals surface area contributed by atoms with E-state index in [0.717, 1.165) is 11.1 Å². The van der Waals surface area contributed by atoms with Crippen molar-refractivity contribution in [1.29, 1.82) is 0 Å². The minimum atomic E-state index is -0.145. The molecule has 0 aliphatic carbocycles.